The number of benzene rings is 6. The second kappa shape index (κ2) is 17.1. The smallest absolute Gasteiger partial charge is 0.338 e. The van der Waals surface area contributed by atoms with Crippen LogP contribution >= 0.6 is 0 Å². The van der Waals surface area contributed by atoms with Crippen molar-refractivity contribution in [3.8, 4) is 5.75 Å². The van der Waals surface area contributed by atoms with Gasteiger partial charge in [-0.05, 0) is 72.8 Å². The zero-order valence-electron chi connectivity index (χ0n) is 30.7. The molecule has 0 spiro atoms. The Balaban J connectivity index is 1.21. The topological polar surface area (TPSA) is 149 Å². The Labute approximate surface area is 331 Å². The average Bonchev–Trinajstić information content (AvgIpc) is 3.27. The summed E-state index contributed by atoms with van der Waals surface area (Å²) in [5, 5.41) is 0. The van der Waals surface area contributed by atoms with Crippen LogP contribution in [0.5, 0.6) is 5.75 Å². The first-order valence-corrected chi connectivity index (χ1v) is 18.4. The molecule has 7 aromatic rings. The predicted octanol–water partition coefficient (Wildman–Crippen LogP) is 7.42. The summed E-state index contributed by atoms with van der Waals surface area (Å²) in [6.45, 7) is -0.492. The zero-order valence-corrected chi connectivity index (χ0v) is 30.7. The molecule has 12 nitrogen and oxygen atoms in total. The van der Waals surface area contributed by atoms with Gasteiger partial charge in [0.05, 0.1) is 44.3 Å². The minimum Gasteiger partial charge on any atom is -0.461 e. The van der Waals surface area contributed by atoms with Crippen LogP contribution in [0.25, 0.3) is 22.1 Å². The van der Waals surface area contributed by atoms with Gasteiger partial charge in [-0.25, -0.2) is 29.1 Å². The van der Waals surface area contributed by atoms with E-state index in [-0.39, 0.29) is 28.0 Å². The molecule has 0 N–H and O–H groups in total. The zero-order chi connectivity index (χ0) is 39.8. The lowest BCUT2D eigenvalue weighted by molar-refractivity contribution is -0.275. The molecule has 0 bridgehead atoms. The summed E-state index contributed by atoms with van der Waals surface area (Å²) in [5.41, 5.74) is 3.24. The summed E-state index contributed by atoms with van der Waals surface area (Å²) < 4.78 is 37.1. The number of ether oxygens (including phenoxy) is 6. The standard InChI is InChI=1S/C46H34N2O10/c49-42(29-15-5-1-6-16-29)53-28-38-39(56-43(50)30-17-7-2-8-18-30)40(57-44(51)31-19-9-3-10-20-31)41(58-45(52)32-21-11-4-12-22-32)46(55-38)54-33-25-26-36-37(27-33)48-35-24-14-13-23-34(35)47-36/h1-27,38-41,46H,28H2/t38-,39+,40+,41-,46-/m1/s1. The van der Waals surface area contributed by atoms with Gasteiger partial charge in [0.15, 0.2) is 12.2 Å². The van der Waals surface area contributed by atoms with E-state index < -0.39 is 61.2 Å². The van der Waals surface area contributed by atoms with Crippen LogP contribution in [0.2, 0.25) is 0 Å². The molecule has 0 saturated carbocycles. The Bertz CT molecular complexity index is 2560. The van der Waals surface area contributed by atoms with E-state index in [1.54, 1.807) is 140 Å². The molecule has 8 rings (SSSR count). The van der Waals surface area contributed by atoms with E-state index in [9.17, 15) is 19.2 Å². The highest BCUT2D eigenvalue weighted by molar-refractivity contribution is 5.92. The van der Waals surface area contributed by atoms with Gasteiger partial charge in [-0.2, -0.15) is 0 Å². The third-order valence-electron chi connectivity index (χ3n) is 9.30. The highest BCUT2D eigenvalue weighted by atomic mass is 16.7. The maximum absolute atomic E-state index is 13.9. The van der Waals surface area contributed by atoms with E-state index >= 15 is 0 Å². The minimum atomic E-state index is -1.57. The number of fused-ring (bicyclic) bond motifs is 2. The fourth-order valence-electron chi connectivity index (χ4n) is 6.43. The first-order valence-electron chi connectivity index (χ1n) is 18.4. The van der Waals surface area contributed by atoms with Gasteiger partial charge in [0.25, 0.3) is 0 Å². The van der Waals surface area contributed by atoms with Crippen LogP contribution in [0.15, 0.2) is 164 Å². The predicted molar refractivity (Wildman–Crippen MR) is 210 cm³/mol. The number of carbonyl (C=O) groups excluding carboxylic acids is 4. The molecule has 1 fully saturated rings. The monoisotopic (exact) mass is 774 g/mol. The lowest BCUT2D eigenvalue weighted by atomic mass is 9.97. The number of para-hydroxylation sites is 2. The molecule has 6 aromatic carbocycles. The lowest BCUT2D eigenvalue weighted by Gasteiger charge is -2.44. The summed E-state index contributed by atoms with van der Waals surface area (Å²) in [4.78, 5) is 64.2. The quantitative estimate of drug-likeness (QED) is 0.0731. The van der Waals surface area contributed by atoms with Crippen LogP contribution in [0.1, 0.15) is 41.4 Å². The Hall–Kier alpha value is -7.44. The van der Waals surface area contributed by atoms with Gasteiger partial charge in [0.2, 0.25) is 12.4 Å². The Morgan fingerprint density at radius 2 is 0.862 bits per heavy atom. The van der Waals surface area contributed by atoms with Crippen molar-refractivity contribution in [2.75, 3.05) is 6.61 Å². The van der Waals surface area contributed by atoms with Crippen molar-refractivity contribution in [1.82, 2.24) is 9.97 Å². The Morgan fingerprint density at radius 1 is 0.448 bits per heavy atom. The van der Waals surface area contributed by atoms with Crippen molar-refractivity contribution in [3.63, 3.8) is 0 Å². The second-order valence-electron chi connectivity index (χ2n) is 13.2. The van der Waals surface area contributed by atoms with E-state index in [0.717, 1.165) is 0 Å². The number of hydrogen-bond acceptors (Lipinski definition) is 12. The number of esters is 4. The van der Waals surface area contributed by atoms with Crippen LogP contribution in [-0.2, 0) is 23.7 Å². The lowest BCUT2D eigenvalue weighted by Crippen LogP contribution is -2.63. The second-order valence-corrected chi connectivity index (χ2v) is 13.2. The van der Waals surface area contributed by atoms with Gasteiger partial charge in [-0.1, -0.05) is 84.9 Å². The highest BCUT2D eigenvalue weighted by Gasteiger charge is 2.54. The Morgan fingerprint density at radius 3 is 1.38 bits per heavy atom. The van der Waals surface area contributed by atoms with E-state index in [1.807, 2.05) is 24.3 Å². The first-order chi connectivity index (χ1) is 28.4. The maximum Gasteiger partial charge on any atom is 0.338 e. The van der Waals surface area contributed by atoms with Crippen LogP contribution < -0.4 is 4.74 Å². The number of nitrogens with zero attached hydrogens (tertiary/aromatic N) is 2. The molecular formula is C46H34N2O10. The molecule has 12 heteroatoms. The normalized spacial score (nSPS) is 18.8. The molecule has 1 aromatic heterocycles. The molecule has 0 radical (unpaired) electrons. The van der Waals surface area contributed by atoms with Crippen molar-refractivity contribution in [2.24, 2.45) is 0 Å². The molecular weight excluding hydrogens is 741 g/mol. The van der Waals surface area contributed by atoms with E-state index in [0.29, 0.717) is 22.1 Å². The van der Waals surface area contributed by atoms with Crippen LogP contribution in [-0.4, -0.2) is 71.2 Å². The summed E-state index contributed by atoms with van der Waals surface area (Å²) >= 11 is 0. The third kappa shape index (κ3) is 8.52. The summed E-state index contributed by atoms with van der Waals surface area (Å²) in [7, 11) is 0. The molecule has 288 valence electrons. The van der Waals surface area contributed by atoms with Crippen molar-refractivity contribution < 1.29 is 47.6 Å². The van der Waals surface area contributed by atoms with Gasteiger partial charge in [-0.3, -0.25) is 0 Å². The summed E-state index contributed by atoms with van der Waals surface area (Å²) in [6, 6.07) is 45.2. The first kappa shape index (κ1) is 37.5. The molecule has 2 heterocycles. The number of carbonyl (C=O) groups is 4. The van der Waals surface area contributed by atoms with Crippen molar-refractivity contribution >= 4 is 45.9 Å². The fourth-order valence-corrected chi connectivity index (χ4v) is 6.43. The molecule has 5 atom stereocenters. The SMILES string of the molecule is O=C(OC[C@H]1O[C@@H](Oc2ccc3nc4ccccc4nc3c2)[C@H](OC(=O)c2ccccc2)[C@@H](OC(=O)c2ccccc2)[C@H]1OC(=O)c1ccccc1)c1ccccc1. The molecule has 0 unspecified atom stereocenters. The van der Waals surface area contributed by atoms with E-state index in [2.05, 4.69) is 0 Å². The van der Waals surface area contributed by atoms with Gasteiger partial charge in [0.1, 0.15) is 18.5 Å². The highest BCUT2D eigenvalue weighted by Crippen LogP contribution is 2.33. The van der Waals surface area contributed by atoms with Crippen LogP contribution in [0, 0.1) is 0 Å². The maximum atomic E-state index is 13.9. The molecule has 58 heavy (non-hydrogen) atoms. The Kier molecular flexibility index (Phi) is 11.1. The fraction of sp³-hybridized carbons (Fsp3) is 0.130. The molecule has 0 amide bonds. The van der Waals surface area contributed by atoms with Gasteiger partial charge in [-0.15, -0.1) is 0 Å². The third-order valence-corrected chi connectivity index (χ3v) is 9.30. The van der Waals surface area contributed by atoms with Gasteiger partial charge >= 0.3 is 23.9 Å². The van der Waals surface area contributed by atoms with Gasteiger partial charge in [0, 0.05) is 6.07 Å². The summed E-state index contributed by atoms with van der Waals surface area (Å²) in [6.07, 6.45) is -7.50. The van der Waals surface area contributed by atoms with E-state index in [4.69, 9.17) is 38.4 Å². The minimum absolute atomic E-state index is 0.167. The largest absolute Gasteiger partial charge is 0.461 e. The van der Waals surface area contributed by atoms with Crippen molar-refractivity contribution in [2.45, 2.75) is 30.7 Å². The molecule has 1 aliphatic heterocycles. The molecule has 0 aliphatic carbocycles. The van der Waals surface area contributed by atoms with Crippen LogP contribution in [0.3, 0.4) is 0 Å². The number of hydrogen-bond donors (Lipinski definition) is 0. The molecule has 1 saturated heterocycles. The molecule has 1 aliphatic rings. The van der Waals surface area contributed by atoms with E-state index in [1.165, 1.54) is 0 Å². The van der Waals surface area contributed by atoms with Gasteiger partial charge < -0.3 is 28.4 Å². The average molecular weight is 775 g/mol. The van der Waals surface area contributed by atoms with Crippen molar-refractivity contribution in [1.29, 1.82) is 0 Å². The van der Waals surface area contributed by atoms with Crippen LogP contribution in [0.4, 0.5) is 0 Å². The number of rotatable bonds is 11. The summed E-state index contributed by atoms with van der Waals surface area (Å²) in [5.74, 6) is -2.88. The van der Waals surface area contributed by atoms with Crippen molar-refractivity contribution in [3.05, 3.63) is 186 Å². The number of aromatic nitrogens is 2.